The molecule has 0 amide bonds. The molecule has 0 N–H and O–H groups in total. The fourth-order valence-corrected chi connectivity index (χ4v) is 4.00. The molecule has 1 fully saturated rings. The molecule has 0 aromatic carbocycles. The molecule has 0 unspecified atom stereocenters. The molecule has 108 valence electrons. The van der Waals surface area contributed by atoms with Gasteiger partial charge in [0.1, 0.15) is 0 Å². The smallest absolute Gasteiger partial charge is 0.0739 e. The van der Waals surface area contributed by atoms with E-state index in [4.69, 9.17) is 0 Å². The molecule has 0 radical (unpaired) electrons. The number of hydrogen-bond acceptors (Lipinski definition) is 3. The molecule has 19 heavy (non-hydrogen) atoms. The molecule has 1 aromatic rings. The predicted octanol–water partition coefficient (Wildman–Crippen LogP) is 3.69. The SMILES string of the molecule is CCn1nc(C)c(Br)c1CN1CCSC(C)(C)CC1. The highest BCUT2D eigenvalue weighted by molar-refractivity contribution is 9.10. The zero-order valence-electron chi connectivity index (χ0n) is 12.4. The monoisotopic (exact) mass is 345 g/mol. The number of aromatic nitrogens is 2. The van der Waals surface area contributed by atoms with Crippen molar-refractivity contribution >= 4 is 27.7 Å². The molecule has 3 nitrogen and oxygen atoms in total. The van der Waals surface area contributed by atoms with Crippen molar-refractivity contribution in [3.8, 4) is 0 Å². The summed E-state index contributed by atoms with van der Waals surface area (Å²) in [6.45, 7) is 13.2. The minimum absolute atomic E-state index is 0.424. The molecular weight excluding hydrogens is 322 g/mol. The molecule has 1 aliphatic rings. The summed E-state index contributed by atoms with van der Waals surface area (Å²) in [7, 11) is 0. The lowest BCUT2D eigenvalue weighted by Gasteiger charge is -2.22. The highest BCUT2D eigenvalue weighted by atomic mass is 79.9. The van der Waals surface area contributed by atoms with E-state index < -0.39 is 0 Å². The van der Waals surface area contributed by atoms with E-state index in [1.165, 1.54) is 35.4 Å². The third kappa shape index (κ3) is 3.76. The second-order valence-electron chi connectivity index (χ2n) is 5.80. The van der Waals surface area contributed by atoms with Crippen LogP contribution in [-0.4, -0.2) is 38.3 Å². The van der Waals surface area contributed by atoms with Crippen LogP contribution in [0.15, 0.2) is 4.47 Å². The van der Waals surface area contributed by atoms with Crippen molar-refractivity contribution in [1.82, 2.24) is 14.7 Å². The van der Waals surface area contributed by atoms with Crippen LogP contribution in [0.2, 0.25) is 0 Å². The van der Waals surface area contributed by atoms with Crippen molar-refractivity contribution in [2.45, 2.75) is 52.0 Å². The number of thioether (sulfide) groups is 1. The summed E-state index contributed by atoms with van der Waals surface area (Å²) in [5.41, 5.74) is 2.42. The maximum absolute atomic E-state index is 4.58. The molecule has 2 rings (SSSR count). The van der Waals surface area contributed by atoms with Crippen molar-refractivity contribution < 1.29 is 0 Å². The van der Waals surface area contributed by atoms with Crippen LogP contribution >= 0.6 is 27.7 Å². The first-order chi connectivity index (χ1) is 8.93. The lowest BCUT2D eigenvalue weighted by molar-refractivity contribution is 0.267. The fraction of sp³-hybridized carbons (Fsp3) is 0.786. The minimum Gasteiger partial charge on any atom is -0.297 e. The maximum Gasteiger partial charge on any atom is 0.0739 e. The van der Waals surface area contributed by atoms with Crippen LogP contribution in [0.3, 0.4) is 0 Å². The predicted molar refractivity (Wildman–Crippen MR) is 86.8 cm³/mol. The van der Waals surface area contributed by atoms with Crippen molar-refractivity contribution in [2.24, 2.45) is 0 Å². The summed E-state index contributed by atoms with van der Waals surface area (Å²) in [6, 6.07) is 0. The average Bonchev–Trinajstić information content (AvgIpc) is 2.52. The fourth-order valence-electron chi connectivity index (χ4n) is 2.45. The molecule has 0 aliphatic carbocycles. The second kappa shape index (κ2) is 6.19. The van der Waals surface area contributed by atoms with Crippen molar-refractivity contribution in [3.05, 3.63) is 15.9 Å². The summed E-state index contributed by atoms with van der Waals surface area (Å²) in [5, 5.41) is 4.58. The van der Waals surface area contributed by atoms with Gasteiger partial charge in [0.05, 0.1) is 15.9 Å². The Kier molecular flexibility index (Phi) is 5.01. The molecule has 1 aromatic heterocycles. The summed E-state index contributed by atoms with van der Waals surface area (Å²) >= 11 is 5.79. The highest BCUT2D eigenvalue weighted by Gasteiger charge is 2.25. The maximum atomic E-state index is 4.58. The summed E-state index contributed by atoms with van der Waals surface area (Å²) in [5.74, 6) is 1.23. The van der Waals surface area contributed by atoms with Gasteiger partial charge in [-0.15, -0.1) is 0 Å². The Labute approximate surface area is 129 Å². The van der Waals surface area contributed by atoms with Crippen LogP contribution in [0.4, 0.5) is 0 Å². The average molecular weight is 346 g/mol. The molecule has 1 aliphatic heterocycles. The normalized spacial score (nSPS) is 20.5. The van der Waals surface area contributed by atoms with Gasteiger partial charge in [0.15, 0.2) is 0 Å². The van der Waals surface area contributed by atoms with E-state index in [0.717, 1.165) is 18.8 Å². The van der Waals surface area contributed by atoms with Gasteiger partial charge in [-0.3, -0.25) is 9.58 Å². The van der Waals surface area contributed by atoms with Gasteiger partial charge in [-0.1, -0.05) is 13.8 Å². The van der Waals surface area contributed by atoms with Crippen LogP contribution in [0.1, 0.15) is 38.6 Å². The molecular formula is C14H24BrN3S. The van der Waals surface area contributed by atoms with E-state index >= 15 is 0 Å². The van der Waals surface area contributed by atoms with E-state index in [9.17, 15) is 0 Å². The largest absolute Gasteiger partial charge is 0.297 e. The van der Waals surface area contributed by atoms with Gasteiger partial charge < -0.3 is 0 Å². The van der Waals surface area contributed by atoms with Gasteiger partial charge in [-0.05, 0) is 42.7 Å². The Hall–Kier alpha value is -0.0000000000000000555. The van der Waals surface area contributed by atoms with Crippen LogP contribution in [0, 0.1) is 6.92 Å². The lowest BCUT2D eigenvalue weighted by atomic mass is 10.1. The molecule has 2 heterocycles. The Balaban J connectivity index is 2.09. The summed E-state index contributed by atoms with van der Waals surface area (Å²) in [6.07, 6.45) is 1.26. The Morgan fingerprint density at radius 3 is 2.79 bits per heavy atom. The number of hydrogen-bond donors (Lipinski definition) is 0. The van der Waals surface area contributed by atoms with Crippen molar-refractivity contribution in [3.63, 3.8) is 0 Å². The zero-order valence-corrected chi connectivity index (χ0v) is 14.8. The van der Waals surface area contributed by atoms with Crippen LogP contribution < -0.4 is 0 Å². The minimum atomic E-state index is 0.424. The third-order valence-corrected chi connectivity index (χ3v) is 6.16. The van der Waals surface area contributed by atoms with Crippen LogP contribution in [0.5, 0.6) is 0 Å². The van der Waals surface area contributed by atoms with E-state index in [1.807, 2.05) is 0 Å². The molecule has 0 bridgehead atoms. The first-order valence-corrected chi connectivity index (χ1v) is 8.79. The van der Waals surface area contributed by atoms with Gasteiger partial charge in [0.25, 0.3) is 0 Å². The highest BCUT2D eigenvalue weighted by Crippen LogP contribution is 2.31. The molecule has 0 atom stereocenters. The molecule has 0 spiro atoms. The van der Waals surface area contributed by atoms with Gasteiger partial charge in [-0.2, -0.15) is 16.9 Å². The molecule has 5 heteroatoms. The lowest BCUT2D eigenvalue weighted by Crippen LogP contribution is -2.28. The topological polar surface area (TPSA) is 21.1 Å². The molecule has 0 saturated carbocycles. The van der Waals surface area contributed by atoms with Gasteiger partial charge in [-0.25, -0.2) is 0 Å². The first kappa shape index (κ1) is 15.4. The van der Waals surface area contributed by atoms with E-state index in [1.54, 1.807) is 0 Å². The van der Waals surface area contributed by atoms with Crippen molar-refractivity contribution in [2.75, 3.05) is 18.8 Å². The van der Waals surface area contributed by atoms with Crippen LogP contribution in [-0.2, 0) is 13.1 Å². The van der Waals surface area contributed by atoms with Gasteiger partial charge >= 0.3 is 0 Å². The third-order valence-electron chi connectivity index (χ3n) is 3.76. The van der Waals surface area contributed by atoms with E-state index in [0.29, 0.717) is 4.75 Å². The van der Waals surface area contributed by atoms with Crippen molar-refractivity contribution in [1.29, 1.82) is 0 Å². The Morgan fingerprint density at radius 2 is 2.11 bits per heavy atom. The van der Waals surface area contributed by atoms with E-state index in [2.05, 4.69) is 70.1 Å². The zero-order chi connectivity index (χ0) is 14.0. The van der Waals surface area contributed by atoms with Crippen LogP contribution in [0.25, 0.3) is 0 Å². The number of aryl methyl sites for hydroxylation is 2. The second-order valence-corrected chi connectivity index (χ2v) is 8.39. The number of rotatable bonds is 3. The number of halogens is 1. The number of nitrogens with zero attached hydrogens (tertiary/aromatic N) is 3. The standard InChI is InChI=1S/C14H24BrN3S/c1-5-18-12(13(15)11(2)16-18)10-17-7-6-14(3,4)19-9-8-17/h5-10H2,1-4H3. The Morgan fingerprint density at radius 1 is 1.37 bits per heavy atom. The van der Waals surface area contributed by atoms with E-state index in [-0.39, 0.29) is 0 Å². The molecule has 1 saturated heterocycles. The quantitative estimate of drug-likeness (QED) is 0.833. The first-order valence-electron chi connectivity index (χ1n) is 7.01. The Bertz CT molecular complexity index is 442. The van der Waals surface area contributed by atoms with Gasteiger partial charge in [0.2, 0.25) is 0 Å². The summed E-state index contributed by atoms with van der Waals surface area (Å²) in [4.78, 5) is 2.56. The summed E-state index contributed by atoms with van der Waals surface area (Å²) < 4.78 is 3.74. The van der Waals surface area contributed by atoms with Gasteiger partial charge in [0, 0.05) is 30.1 Å².